The largest absolute Gasteiger partial charge is 0.323 e. The van der Waals surface area contributed by atoms with E-state index in [0.717, 1.165) is 16.7 Å². The highest BCUT2D eigenvalue weighted by molar-refractivity contribution is 5.95. The van der Waals surface area contributed by atoms with E-state index in [-0.39, 0.29) is 23.8 Å². The second-order valence-corrected chi connectivity index (χ2v) is 6.72. The smallest absolute Gasteiger partial charge is 0.228 e. The normalized spacial score (nSPS) is 18.1. The van der Waals surface area contributed by atoms with Gasteiger partial charge in [-0.15, -0.1) is 0 Å². The van der Waals surface area contributed by atoms with Crippen molar-refractivity contribution < 1.29 is 22.4 Å². The monoisotopic (exact) mass is 389 g/mol. The summed E-state index contributed by atoms with van der Waals surface area (Å²) in [5, 5.41) is 6.62. The summed E-state index contributed by atoms with van der Waals surface area (Å²) in [5.74, 6) is -6.28. The number of nitrogens with one attached hydrogen (secondary N) is 1. The molecule has 3 aromatic rings. The van der Waals surface area contributed by atoms with E-state index >= 15 is 0 Å². The van der Waals surface area contributed by atoms with Gasteiger partial charge in [0.1, 0.15) is 5.82 Å². The van der Waals surface area contributed by atoms with E-state index in [1.807, 2.05) is 30.3 Å². The van der Waals surface area contributed by atoms with Crippen LogP contribution in [0.1, 0.15) is 23.5 Å². The van der Waals surface area contributed by atoms with Gasteiger partial charge in [0.25, 0.3) is 0 Å². The maximum Gasteiger partial charge on any atom is 0.228 e. The Labute approximate surface area is 157 Å². The number of hydrogen-bond acceptors (Lipinski definition) is 2. The zero-order valence-corrected chi connectivity index (χ0v) is 14.5. The number of hydrogen-bond donors (Lipinski definition) is 1. The SMILES string of the molecule is O=C(Nc1cnn(Cc2c(F)cc(F)c(F)c2F)c1)C1CC1c1ccccc1. The lowest BCUT2D eigenvalue weighted by Gasteiger charge is -2.07. The fourth-order valence-corrected chi connectivity index (χ4v) is 3.21. The molecule has 1 aliphatic rings. The minimum absolute atomic E-state index is 0.146. The van der Waals surface area contributed by atoms with Crippen molar-refractivity contribution in [2.24, 2.45) is 5.92 Å². The van der Waals surface area contributed by atoms with E-state index in [1.165, 1.54) is 12.4 Å². The third-order valence-electron chi connectivity index (χ3n) is 4.78. The van der Waals surface area contributed by atoms with Crippen molar-refractivity contribution in [3.63, 3.8) is 0 Å². The van der Waals surface area contributed by atoms with Crippen molar-refractivity contribution in [2.75, 3.05) is 5.32 Å². The molecule has 1 aromatic heterocycles. The van der Waals surface area contributed by atoms with Crippen molar-refractivity contribution >= 4 is 11.6 Å². The standard InChI is InChI=1S/C20H15F4N3O/c21-16-7-17(22)19(24)18(23)15(16)10-27-9-12(8-25-27)26-20(28)14-6-13(14)11-4-2-1-3-5-11/h1-5,7-9,13-14H,6,10H2,(H,26,28). The molecule has 1 amide bonds. The molecule has 2 atom stereocenters. The summed E-state index contributed by atoms with van der Waals surface area (Å²) in [4.78, 5) is 12.4. The summed E-state index contributed by atoms with van der Waals surface area (Å²) in [5.41, 5.74) is 0.806. The Hall–Kier alpha value is -3.16. The third kappa shape index (κ3) is 3.49. The number of carbonyl (C=O) groups excluding carboxylic acids is 1. The van der Waals surface area contributed by atoms with E-state index in [9.17, 15) is 22.4 Å². The highest BCUT2D eigenvalue weighted by Crippen LogP contribution is 2.47. The van der Waals surface area contributed by atoms with Gasteiger partial charge in [-0.05, 0) is 17.9 Å². The highest BCUT2D eigenvalue weighted by Gasteiger charge is 2.43. The molecule has 2 unspecified atom stereocenters. The number of anilines is 1. The zero-order valence-electron chi connectivity index (χ0n) is 14.5. The number of amides is 1. The van der Waals surface area contributed by atoms with E-state index in [1.54, 1.807) is 0 Å². The molecule has 0 aliphatic heterocycles. The Kier molecular flexibility index (Phi) is 4.62. The molecule has 0 bridgehead atoms. The number of nitrogens with zero attached hydrogens (tertiary/aromatic N) is 2. The molecule has 144 valence electrons. The van der Waals surface area contributed by atoms with Gasteiger partial charge in [0.2, 0.25) is 5.91 Å². The van der Waals surface area contributed by atoms with Crippen molar-refractivity contribution in [3.8, 4) is 0 Å². The number of benzene rings is 2. The van der Waals surface area contributed by atoms with Gasteiger partial charge in [0, 0.05) is 23.7 Å². The second-order valence-electron chi connectivity index (χ2n) is 6.72. The number of carbonyl (C=O) groups is 1. The molecule has 1 aliphatic carbocycles. The van der Waals surface area contributed by atoms with Crippen LogP contribution in [0.3, 0.4) is 0 Å². The minimum atomic E-state index is -1.74. The van der Waals surface area contributed by atoms with Crippen LogP contribution in [0, 0.1) is 29.2 Å². The number of halogens is 4. The van der Waals surface area contributed by atoms with Crippen LogP contribution < -0.4 is 5.32 Å². The predicted octanol–water partition coefficient (Wildman–Crippen LogP) is 4.23. The molecule has 28 heavy (non-hydrogen) atoms. The van der Waals surface area contributed by atoms with Crippen LogP contribution in [0.4, 0.5) is 23.2 Å². The first-order valence-electron chi connectivity index (χ1n) is 8.64. The Morgan fingerprint density at radius 2 is 1.86 bits per heavy atom. The third-order valence-corrected chi connectivity index (χ3v) is 4.78. The predicted molar refractivity (Wildman–Crippen MR) is 93.5 cm³/mol. The number of aromatic nitrogens is 2. The molecular weight excluding hydrogens is 374 g/mol. The van der Waals surface area contributed by atoms with Gasteiger partial charge < -0.3 is 5.32 Å². The van der Waals surface area contributed by atoms with Gasteiger partial charge in [-0.3, -0.25) is 9.48 Å². The second kappa shape index (κ2) is 7.10. The first kappa shape index (κ1) is 18.2. The Morgan fingerprint density at radius 1 is 1.11 bits per heavy atom. The zero-order chi connectivity index (χ0) is 19.8. The number of rotatable bonds is 5. The van der Waals surface area contributed by atoms with E-state index in [0.29, 0.717) is 5.69 Å². The lowest BCUT2D eigenvalue weighted by Crippen LogP contribution is -2.14. The van der Waals surface area contributed by atoms with Crippen molar-refractivity contribution in [3.05, 3.63) is 83.2 Å². The van der Waals surface area contributed by atoms with E-state index < -0.39 is 35.4 Å². The summed E-state index contributed by atoms with van der Waals surface area (Å²) in [7, 11) is 0. The molecule has 4 rings (SSSR count). The maximum atomic E-state index is 13.8. The molecule has 0 spiro atoms. The van der Waals surface area contributed by atoms with Crippen LogP contribution in [0.5, 0.6) is 0 Å². The molecule has 2 aromatic carbocycles. The van der Waals surface area contributed by atoms with Crippen molar-refractivity contribution in [1.29, 1.82) is 0 Å². The van der Waals surface area contributed by atoms with Crippen LogP contribution in [0.2, 0.25) is 0 Å². The van der Waals surface area contributed by atoms with E-state index in [2.05, 4.69) is 10.4 Å². The van der Waals surface area contributed by atoms with Gasteiger partial charge in [0.15, 0.2) is 17.5 Å². The molecule has 4 nitrogen and oxygen atoms in total. The molecule has 1 saturated carbocycles. The van der Waals surface area contributed by atoms with Gasteiger partial charge in [-0.25, -0.2) is 17.6 Å². The molecule has 8 heteroatoms. The van der Waals surface area contributed by atoms with Crippen LogP contribution >= 0.6 is 0 Å². The lowest BCUT2D eigenvalue weighted by molar-refractivity contribution is -0.117. The molecular formula is C20H15F4N3O. The average molecular weight is 389 g/mol. The van der Waals surface area contributed by atoms with Gasteiger partial charge in [0.05, 0.1) is 18.4 Å². The van der Waals surface area contributed by atoms with Crippen LogP contribution in [-0.2, 0) is 11.3 Å². The topological polar surface area (TPSA) is 46.9 Å². The molecule has 1 heterocycles. The van der Waals surface area contributed by atoms with Gasteiger partial charge >= 0.3 is 0 Å². The summed E-state index contributed by atoms with van der Waals surface area (Å²) in [6.07, 6.45) is 3.45. The Balaban J connectivity index is 1.42. The Morgan fingerprint density at radius 3 is 2.61 bits per heavy atom. The highest BCUT2D eigenvalue weighted by atomic mass is 19.2. The molecule has 1 N–H and O–H groups in total. The lowest BCUT2D eigenvalue weighted by atomic mass is 10.1. The molecule has 0 saturated heterocycles. The average Bonchev–Trinajstić information content (AvgIpc) is 3.38. The quantitative estimate of drug-likeness (QED) is 0.403. The summed E-state index contributed by atoms with van der Waals surface area (Å²) < 4.78 is 55.0. The van der Waals surface area contributed by atoms with Gasteiger partial charge in [-0.1, -0.05) is 30.3 Å². The summed E-state index contributed by atoms with van der Waals surface area (Å²) >= 11 is 0. The summed E-state index contributed by atoms with van der Waals surface area (Å²) in [6, 6.07) is 9.99. The first-order chi connectivity index (χ1) is 13.4. The van der Waals surface area contributed by atoms with Crippen LogP contribution in [0.15, 0.2) is 48.8 Å². The van der Waals surface area contributed by atoms with Crippen molar-refractivity contribution in [2.45, 2.75) is 18.9 Å². The molecule has 1 fully saturated rings. The Bertz CT molecular complexity index is 1040. The van der Waals surface area contributed by atoms with E-state index in [4.69, 9.17) is 0 Å². The molecule has 0 radical (unpaired) electrons. The fourth-order valence-electron chi connectivity index (χ4n) is 3.21. The fraction of sp³-hybridized carbons (Fsp3) is 0.200. The van der Waals surface area contributed by atoms with Crippen LogP contribution in [0.25, 0.3) is 0 Å². The van der Waals surface area contributed by atoms with Crippen LogP contribution in [-0.4, -0.2) is 15.7 Å². The maximum absolute atomic E-state index is 13.8. The summed E-state index contributed by atoms with van der Waals surface area (Å²) in [6.45, 7) is -0.444. The van der Waals surface area contributed by atoms with Gasteiger partial charge in [-0.2, -0.15) is 5.10 Å². The first-order valence-corrected chi connectivity index (χ1v) is 8.64. The van der Waals surface area contributed by atoms with Crippen molar-refractivity contribution in [1.82, 2.24) is 9.78 Å². The minimum Gasteiger partial charge on any atom is -0.323 e.